The first kappa shape index (κ1) is 15.9. The number of amides is 1. The number of rotatable bonds is 6. The lowest BCUT2D eigenvalue weighted by Crippen LogP contribution is -2.61. The molecule has 6 heteroatoms. The number of hydrogen-bond donors (Lipinski definition) is 3. The Balaban J connectivity index is 1.83. The molecule has 1 aromatic rings. The molecular weight excluding hydrogens is 280 g/mol. The van der Waals surface area contributed by atoms with Crippen molar-refractivity contribution in [3.8, 4) is 0 Å². The van der Waals surface area contributed by atoms with Gasteiger partial charge in [0.2, 0.25) is 0 Å². The van der Waals surface area contributed by atoms with E-state index in [-0.39, 0.29) is 25.8 Å². The van der Waals surface area contributed by atoms with Crippen LogP contribution in [0, 0.1) is 0 Å². The summed E-state index contributed by atoms with van der Waals surface area (Å²) in [5.74, 6) is -5.35. The molecule has 1 saturated carbocycles. The van der Waals surface area contributed by atoms with Gasteiger partial charge in [-0.15, -0.1) is 0 Å². The van der Waals surface area contributed by atoms with E-state index < -0.39 is 23.5 Å². The third-order valence-electron chi connectivity index (χ3n) is 3.86. The van der Waals surface area contributed by atoms with Crippen molar-refractivity contribution in [2.24, 2.45) is 0 Å². The molecule has 1 aliphatic carbocycles. The van der Waals surface area contributed by atoms with Crippen LogP contribution in [0.3, 0.4) is 0 Å². The van der Waals surface area contributed by atoms with Crippen LogP contribution in [0.15, 0.2) is 30.3 Å². The van der Waals surface area contributed by atoms with E-state index in [2.05, 4.69) is 0 Å². The van der Waals surface area contributed by atoms with E-state index in [4.69, 9.17) is 0 Å². The molecule has 0 saturated heterocycles. The zero-order chi connectivity index (χ0) is 15.5. The summed E-state index contributed by atoms with van der Waals surface area (Å²) in [5, 5.41) is 21.4. The van der Waals surface area contributed by atoms with Gasteiger partial charge < -0.3 is 15.5 Å². The minimum atomic E-state index is -3.82. The number of halogens is 2. The van der Waals surface area contributed by atoms with E-state index in [1.165, 1.54) is 0 Å². The highest BCUT2D eigenvalue weighted by Crippen LogP contribution is 2.44. The topological polar surface area (TPSA) is 69.6 Å². The van der Waals surface area contributed by atoms with Gasteiger partial charge in [0.15, 0.2) is 0 Å². The van der Waals surface area contributed by atoms with E-state index in [0.29, 0.717) is 6.42 Å². The average Bonchev–Trinajstić information content (AvgIpc) is 2.43. The number of carbonyl (C=O) groups excluding carboxylic acids is 1. The Morgan fingerprint density at radius 1 is 1.33 bits per heavy atom. The summed E-state index contributed by atoms with van der Waals surface area (Å²) in [7, 11) is 0. The van der Waals surface area contributed by atoms with Crippen molar-refractivity contribution in [1.82, 2.24) is 5.32 Å². The zero-order valence-corrected chi connectivity index (χ0v) is 11.6. The van der Waals surface area contributed by atoms with Crippen molar-refractivity contribution in [3.05, 3.63) is 35.9 Å². The Morgan fingerprint density at radius 2 is 1.95 bits per heavy atom. The van der Waals surface area contributed by atoms with E-state index >= 15 is 0 Å². The van der Waals surface area contributed by atoms with Crippen LogP contribution in [0.2, 0.25) is 0 Å². The largest absolute Gasteiger partial charge is 0.391 e. The molecule has 1 unspecified atom stereocenters. The molecule has 1 aromatic carbocycles. The maximum Gasteiger partial charge on any atom is 0.352 e. The highest BCUT2D eigenvalue weighted by atomic mass is 19.3. The summed E-state index contributed by atoms with van der Waals surface area (Å²) >= 11 is 0. The summed E-state index contributed by atoms with van der Waals surface area (Å²) in [6.07, 6.45) is -0.379. The smallest absolute Gasteiger partial charge is 0.352 e. The predicted molar refractivity (Wildman–Crippen MR) is 72.9 cm³/mol. The second-order valence-corrected chi connectivity index (χ2v) is 5.51. The van der Waals surface area contributed by atoms with Crippen LogP contribution < -0.4 is 5.32 Å². The van der Waals surface area contributed by atoms with Crippen molar-refractivity contribution in [2.75, 3.05) is 6.54 Å². The number of hydrogen-bond acceptors (Lipinski definition) is 3. The minimum absolute atomic E-state index is 0.0833. The van der Waals surface area contributed by atoms with Crippen LogP contribution in [0.5, 0.6) is 0 Å². The summed E-state index contributed by atoms with van der Waals surface area (Å²) in [4.78, 5) is 11.5. The summed E-state index contributed by atoms with van der Waals surface area (Å²) < 4.78 is 27.6. The number of alkyl halides is 2. The fraction of sp³-hybridized carbons (Fsp3) is 0.533. The molecule has 3 N–H and O–H groups in total. The second kappa shape index (κ2) is 6.07. The normalized spacial score (nSPS) is 18.7. The molecule has 0 bridgehead atoms. The molecule has 0 heterocycles. The van der Waals surface area contributed by atoms with Crippen LogP contribution in [0.1, 0.15) is 24.8 Å². The molecule has 0 aliphatic heterocycles. The third-order valence-corrected chi connectivity index (χ3v) is 3.86. The number of carbonyl (C=O) groups is 1. The van der Waals surface area contributed by atoms with Gasteiger partial charge in [-0.25, -0.2) is 0 Å². The Kier molecular flexibility index (Phi) is 4.58. The van der Waals surface area contributed by atoms with Gasteiger partial charge in [0.1, 0.15) is 5.60 Å². The van der Waals surface area contributed by atoms with Crippen molar-refractivity contribution >= 4 is 5.91 Å². The molecule has 2 rings (SSSR count). The van der Waals surface area contributed by atoms with Gasteiger partial charge in [0.25, 0.3) is 5.91 Å². The van der Waals surface area contributed by atoms with Crippen LogP contribution in [-0.2, 0) is 11.2 Å². The average molecular weight is 299 g/mol. The minimum Gasteiger partial charge on any atom is -0.391 e. The first-order valence-electron chi connectivity index (χ1n) is 6.96. The molecule has 1 amide bonds. The highest BCUT2D eigenvalue weighted by Gasteiger charge is 2.61. The number of aliphatic hydroxyl groups excluding tert-OH is 1. The first-order chi connectivity index (χ1) is 9.85. The Hall–Kier alpha value is -1.53. The monoisotopic (exact) mass is 299 g/mol. The van der Waals surface area contributed by atoms with Crippen LogP contribution in [0.4, 0.5) is 8.78 Å². The molecule has 1 atom stereocenters. The van der Waals surface area contributed by atoms with E-state index in [0.717, 1.165) is 5.56 Å². The standard InChI is InChI=1S/C15H19F2NO3/c16-15(17,14(21)7-4-8-14)13(20)18-10-12(19)9-11-5-2-1-3-6-11/h1-3,5-6,12,19,21H,4,7-10H2,(H,18,20). The first-order valence-corrected chi connectivity index (χ1v) is 6.96. The van der Waals surface area contributed by atoms with Gasteiger partial charge >= 0.3 is 5.92 Å². The van der Waals surface area contributed by atoms with Gasteiger partial charge in [-0.1, -0.05) is 30.3 Å². The predicted octanol–water partition coefficient (Wildman–Crippen LogP) is 1.26. The Labute approximate surface area is 121 Å². The zero-order valence-electron chi connectivity index (χ0n) is 11.6. The third kappa shape index (κ3) is 3.39. The van der Waals surface area contributed by atoms with E-state index in [9.17, 15) is 23.8 Å². The van der Waals surface area contributed by atoms with Crippen LogP contribution in [-0.4, -0.2) is 40.3 Å². The lowest BCUT2D eigenvalue weighted by molar-refractivity contribution is -0.216. The van der Waals surface area contributed by atoms with Crippen molar-refractivity contribution in [3.63, 3.8) is 0 Å². The number of benzene rings is 1. The van der Waals surface area contributed by atoms with Crippen molar-refractivity contribution in [1.29, 1.82) is 0 Å². The molecule has 116 valence electrons. The van der Waals surface area contributed by atoms with Gasteiger partial charge in [-0.2, -0.15) is 8.78 Å². The molecule has 0 spiro atoms. The van der Waals surface area contributed by atoms with Crippen LogP contribution in [0.25, 0.3) is 0 Å². The van der Waals surface area contributed by atoms with Gasteiger partial charge in [-0.05, 0) is 24.8 Å². The molecule has 0 radical (unpaired) electrons. The number of aliphatic hydroxyl groups is 2. The maximum atomic E-state index is 13.8. The summed E-state index contributed by atoms with van der Waals surface area (Å²) in [5.41, 5.74) is -1.38. The maximum absolute atomic E-state index is 13.8. The lowest BCUT2D eigenvalue weighted by Gasteiger charge is -2.41. The Morgan fingerprint density at radius 3 is 2.48 bits per heavy atom. The van der Waals surface area contributed by atoms with E-state index in [1.54, 1.807) is 24.3 Å². The summed E-state index contributed by atoms with van der Waals surface area (Å²) in [6.45, 7) is -0.278. The quantitative estimate of drug-likeness (QED) is 0.740. The van der Waals surface area contributed by atoms with Crippen molar-refractivity contribution in [2.45, 2.75) is 43.3 Å². The van der Waals surface area contributed by atoms with Crippen LogP contribution >= 0.6 is 0 Å². The van der Waals surface area contributed by atoms with Gasteiger partial charge in [0, 0.05) is 13.0 Å². The SMILES string of the molecule is O=C(NCC(O)Cc1ccccc1)C(F)(F)C1(O)CCC1. The Bertz CT molecular complexity index is 489. The molecule has 4 nitrogen and oxygen atoms in total. The fourth-order valence-electron chi connectivity index (χ4n) is 2.32. The molecular formula is C15H19F2NO3. The number of nitrogens with one attached hydrogen (secondary N) is 1. The molecule has 0 aromatic heterocycles. The van der Waals surface area contributed by atoms with Crippen molar-refractivity contribution < 1.29 is 23.8 Å². The second-order valence-electron chi connectivity index (χ2n) is 5.51. The summed E-state index contributed by atoms with van der Waals surface area (Å²) in [6, 6.07) is 9.05. The fourth-order valence-corrected chi connectivity index (χ4v) is 2.32. The van der Waals surface area contributed by atoms with Gasteiger partial charge in [0.05, 0.1) is 6.10 Å². The van der Waals surface area contributed by atoms with E-state index in [1.807, 2.05) is 11.4 Å². The van der Waals surface area contributed by atoms with Gasteiger partial charge in [-0.3, -0.25) is 4.79 Å². The molecule has 21 heavy (non-hydrogen) atoms. The lowest BCUT2D eigenvalue weighted by atomic mass is 9.75. The highest BCUT2D eigenvalue weighted by molar-refractivity contribution is 5.85. The molecule has 1 fully saturated rings. The molecule has 1 aliphatic rings.